The van der Waals surface area contributed by atoms with Crippen LogP contribution in [0.3, 0.4) is 0 Å². The maximum absolute atomic E-state index is 11.8. The molecule has 2 aromatic rings. The molecule has 0 bridgehead atoms. The largest absolute Gasteiger partial charge is 0.624 e. The lowest BCUT2D eigenvalue weighted by Gasteiger charge is -2.03. The van der Waals surface area contributed by atoms with Gasteiger partial charge in [-0.15, -0.1) is 0 Å². The van der Waals surface area contributed by atoms with Crippen molar-refractivity contribution in [3.05, 3.63) is 81.0 Å². The number of rotatable bonds is 4. The van der Waals surface area contributed by atoms with Crippen molar-refractivity contribution in [2.45, 2.75) is 6.54 Å². The summed E-state index contributed by atoms with van der Waals surface area (Å²) in [5.74, 6) is 0. The van der Waals surface area contributed by atoms with E-state index < -0.39 is 4.92 Å². The summed E-state index contributed by atoms with van der Waals surface area (Å²) in [7, 11) is 0. The summed E-state index contributed by atoms with van der Waals surface area (Å²) in [4.78, 5) is 10.1. The number of nitrogens with zero attached hydrogens (tertiary/aromatic N) is 2. The van der Waals surface area contributed by atoms with Crippen LogP contribution < -0.4 is 0 Å². The second kappa shape index (κ2) is 5.77. The van der Waals surface area contributed by atoms with Crippen LogP contribution in [0, 0.1) is 15.3 Å². The first kappa shape index (κ1) is 12.8. The molecule has 19 heavy (non-hydrogen) atoms. The van der Waals surface area contributed by atoms with E-state index in [1.165, 1.54) is 18.3 Å². The van der Waals surface area contributed by atoms with E-state index in [0.717, 1.165) is 10.3 Å². The van der Waals surface area contributed by atoms with Crippen molar-refractivity contribution in [3.8, 4) is 0 Å². The predicted octanol–water partition coefficient (Wildman–Crippen LogP) is 2.72. The standard InChI is InChI=1S/C14H12N2O3/c17-15(10-12-5-2-1-3-6-12)11-13-7-4-8-14(9-13)16(18)19/h1-9,11H,10H2/b15-11-. The van der Waals surface area contributed by atoms with E-state index in [0.29, 0.717) is 5.56 Å². The summed E-state index contributed by atoms with van der Waals surface area (Å²) in [6.45, 7) is 0.212. The van der Waals surface area contributed by atoms with Crippen LogP contribution in [0.2, 0.25) is 0 Å². The van der Waals surface area contributed by atoms with Crippen LogP contribution in [-0.4, -0.2) is 15.9 Å². The topological polar surface area (TPSA) is 69.2 Å². The third-order valence-corrected chi connectivity index (χ3v) is 2.56. The van der Waals surface area contributed by atoms with Crippen molar-refractivity contribution in [1.82, 2.24) is 0 Å². The van der Waals surface area contributed by atoms with Gasteiger partial charge in [0.15, 0.2) is 12.8 Å². The summed E-state index contributed by atoms with van der Waals surface area (Å²) < 4.78 is 0.758. The predicted molar refractivity (Wildman–Crippen MR) is 72.0 cm³/mol. The summed E-state index contributed by atoms with van der Waals surface area (Å²) in [5, 5.41) is 22.4. The summed E-state index contributed by atoms with van der Waals surface area (Å²) >= 11 is 0. The second-order valence-electron chi connectivity index (χ2n) is 4.04. The van der Waals surface area contributed by atoms with Gasteiger partial charge < -0.3 is 5.21 Å². The SMILES string of the molecule is O=[N+]([O-])c1cccc(/C=[N+](\[O-])Cc2ccccc2)c1. The van der Waals surface area contributed by atoms with Gasteiger partial charge >= 0.3 is 0 Å². The Kier molecular flexibility index (Phi) is 3.87. The Morgan fingerprint density at radius 1 is 1.00 bits per heavy atom. The first-order chi connectivity index (χ1) is 9.15. The lowest BCUT2D eigenvalue weighted by Crippen LogP contribution is -2.05. The molecule has 0 aliphatic heterocycles. The molecule has 0 atom stereocenters. The zero-order chi connectivity index (χ0) is 13.7. The van der Waals surface area contributed by atoms with Gasteiger partial charge in [0.05, 0.1) is 4.92 Å². The highest BCUT2D eigenvalue weighted by Gasteiger charge is 2.06. The average molecular weight is 256 g/mol. The number of hydrogen-bond donors (Lipinski definition) is 0. The molecule has 0 aromatic heterocycles. The fourth-order valence-electron chi connectivity index (χ4n) is 1.69. The molecule has 0 aliphatic carbocycles. The van der Waals surface area contributed by atoms with Crippen LogP contribution in [-0.2, 0) is 6.54 Å². The molecule has 2 rings (SSSR count). The number of hydrogen-bond acceptors (Lipinski definition) is 3. The molecule has 0 saturated carbocycles. The fraction of sp³-hybridized carbons (Fsp3) is 0.0714. The first-order valence-electron chi connectivity index (χ1n) is 5.72. The van der Waals surface area contributed by atoms with Crippen molar-refractivity contribution in [1.29, 1.82) is 0 Å². The number of hydroxylamine groups is 1. The van der Waals surface area contributed by atoms with Crippen molar-refractivity contribution in [3.63, 3.8) is 0 Å². The monoisotopic (exact) mass is 256 g/mol. The normalized spacial score (nSPS) is 11.3. The van der Waals surface area contributed by atoms with Gasteiger partial charge in [-0.05, 0) is 6.07 Å². The van der Waals surface area contributed by atoms with Crippen LogP contribution in [0.15, 0.2) is 54.6 Å². The van der Waals surface area contributed by atoms with Gasteiger partial charge in [0.1, 0.15) is 0 Å². The zero-order valence-electron chi connectivity index (χ0n) is 10.1. The first-order valence-corrected chi connectivity index (χ1v) is 5.72. The Morgan fingerprint density at radius 2 is 1.74 bits per heavy atom. The minimum Gasteiger partial charge on any atom is -0.624 e. The molecule has 0 fully saturated rings. The molecular weight excluding hydrogens is 244 g/mol. The molecule has 0 N–H and O–H groups in total. The van der Waals surface area contributed by atoms with Gasteiger partial charge in [-0.2, -0.15) is 0 Å². The number of nitro groups is 1. The smallest absolute Gasteiger partial charge is 0.270 e. The highest BCUT2D eigenvalue weighted by molar-refractivity contribution is 5.76. The van der Waals surface area contributed by atoms with E-state index >= 15 is 0 Å². The molecule has 96 valence electrons. The van der Waals surface area contributed by atoms with E-state index in [1.807, 2.05) is 30.3 Å². The molecule has 0 saturated heterocycles. The minimum atomic E-state index is -0.482. The Hall–Kier alpha value is -2.69. The lowest BCUT2D eigenvalue weighted by atomic mass is 10.2. The molecule has 0 heterocycles. The molecule has 0 unspecified atom stereocenters. The number of nitro benzene ring substituents is 1. The maximum Gasteiger partial charge on any atom is 0.270 e. The molecule has 2 aromatic carbocycles. The Labute approximate surface area is 110 Å². The van der Waals surface area contributed by atoms with Crippen molar-refractivity contribution in [2.75, 3.05) is 0 Å². The van der Waals surface area contributed by atoms with Gasteiger partial charge in [-0.3, -0.25) is 10.1 Å². The quantitative estimate of drug-likeness (QED) is 0.277. The number of benzene rings is 2. The Morgan fingerprint density at radius 3 is 2.42 bits per heavy atom. The zero-order valence-corrected chi connectivity index (χ0v) is 10.1. The van der Waals surface area contributed by atoms with Gasteiger partial charge in [-0.1, -0.05) is 36.4 Å². The minimum absolute atomic E-state index is 0.0261. The Balaban J connectivity index is 2.16. The van der Waals surface area contributed by atoms with E-state index in [1.54, 1.807) is 12.1 Å². The van der Waals surface area contributed by atoms with Gasteiger partial charge in [0.2, 0.25) is 0 Å². The van der Waals surface area contributed by atoms with Crippen molar-refractivity contribution >= 4 is 11.9 Å². The second-order valence-corrected chi connectivity index (χ2v) is 4.04. The van der Waals surface area contributed by atoms with Gasteiger partial charge in [-0.25, -0.2) is 4.74 Å². The molecule has 5 nitrogen and oxygen atoms in total. The maximum atomic E-state index is 11.8. The third-order valence-electron chi connectivity index (χ3n) is 2.56. The van der Waals surface area contributed by atoms with Crippen LogP contribution in [0.5, 0.6) is 0 Å². The summed E-state index contributed by atoms with van der Waals surface area (Å²) in [6, 6.07) is 15.3. The van der Waals surface area contributed by atoms with Gasteiger partial charge in [0, 0.05) is 23.3 Å². The van der Waals surface area contributed by atoms with E-state index in [9.17, 15) is 15.3 Å². The van der Waals surface area contributed by atoms with Crippen LogP contribution in [0.1, 0.15) is 11.1 Å². The fourth-order valence-corrected chi connectivity index (χ4v) is 1.69. The third kappa shape index (κ3) is 3.64. The van der Waals surface area contributed by atoms with Crippen molar-refractivity contribution < 1.29 is 9.66 Å². The highest BCUT2D eigenvalue weighted by atomic mass is 16.6. The molecule has 0 aliphatic rings. The van der Waals surface area contributed by atoms with Crippen LogP contribution >= 0.6 is 0 Å². The molecular formula is C14H12N2O3. The van der Waals surface area contributed by atoms with Gasteiger partial charge in [0.25, 0.3) is 5.69 Å². The average Bonchev–Trinajstić information content (AvgIpc) is 2.40. The van der Waals surface area contributed by atoms with Crippen LogP contribution in [0.4, 0.5) is 5.69 Å². The molecule has 5 heteroatoms. The molecule has 0 amide bonds. The Bertz CT molecular complexity index is 609. The number of non-ortho nitro benzene ring substituents is 1. The summed E-state index contributed by atoms with van der Waals surface area (Å²) in [6.07, 6.45) is 1.35. The van der Waals surface area contributed by atoms with E-state index in [4.69, 9.17) is 0 Å². The highest BCUT2D eigenvalue weighted by Crippen LogP contribution is 2.11. The van der Waals surface area contributed by atoms with Crippen LogP contribution in [0.25, 0.3) is 0 Å². The van der Waals surface area contributed by atoms with E-state index in [-0.39, 0.29) is 12.2 Å². The summed E-state index contributed by atoms with van der Waals surface area (Å²) in [5.41, 5.74) is 1.38. The molecule has 0 radical (unpaired) electrons. The van der Waals surface area contributed by atoms with Crippen molar-refractivity contribution in [2.24, 2.45) is 0 Å². The molecule has 0 spiro atoms. The van der Waals surface area contributed by atoms with E-state index in [2.05, 4.69) is 0 Å². The lowest BCUT2D eigenvalue weighted by molar-refractivity contribution is -0.469.